The molecule has 0 saturated heterocycles. The normalized spacial score (nSPS) is 12.3. The fraction of sp³-hybridized carbons (Fsp3) is 0.118. The third-order valence-electron chi connectivity index (χ3n) is 3.46. The predicted octanol–water partition coefficient (Wildman–Crippen LogP) is 3.14. The number of hydrogen-bond acceptors (Lipinski definition) is 2. The van der Waals surface area contributed by atoms with Crippen LogP contribution in [-0.4, -0.2) is 9.78 Å². The summed E-state index contributed by atoms with van der Waals surface area (Å²) in [6.07, 6.45) is 3.77. The molecule has 3 heteroatoms. The van der Waals surface area contributed by atoms with Crippen molar-refractivity contribution in [2.24, 2.45) is 12.8 Å². The fourth-order valence-electron chi connectivity index (χ4n) is 2.31. The molecule has 2 N–H and O–H groups in total. The van der Waals surface area contributed by atoms with Crippen molar-refractivity contribution >= 4 is 0 Å². The van der Waals surface area contributed by atoms with E-state index in [1.54, 1.807) is 4.68 Å². The van der Waals surface area contributed by atoms with Crippen LogP contribution in [0.25, 0.3) is 11.1 Å². The highest BCUT2D eigenvalue weighted by Gasteiger charge is 2.10. The molecule has 0 aliphatic carbocycles. The molecule has 1 heterocycles. The zero-order chi connectivity index (χ0) is 13.9. The second-order valence-corrected chi connectivity index (χ2v) is 4.91. The minimum Gasteiger partial charge on any atom is -0.320 e. The summed E-state index contributed by atoms with van der Waals surface area (Å²) in [6.45, 7) is 0. The van der Waals surface area contributed by atoms with Crippen molar-refractivity contribution < 1.29 is 0 Å². The molecule has 1 unspecified atom stereocenters. The monoisotopic (exact) mass is 263 g/mol. The van der Waals surface area contributed by atoms with Gasteiger partial charge in [-0.2, -0.15) is 5.10 Å². The smallest absolute Gasteiger partial charge is 0.0582 e. The quantitative estimate of drug-likeness (QED) is 0.789. The molecule has 3 nitrogen and oxygen atoms in total. The summed E-state index contributed by atoms with van der Waals surface area (Å²) >= 11 is 0. The lowest BCUT2D eigenvalue weighted by atomic mass is 9.99. The van der Waals surface area contributed by atoms with Gasteiger partial charge in [0.1, 0.15) is 0 Å². The van der Waals surface area contributed by atoms with Gasteiger partial charge in [-0.25, -0.2) is 0 Å². The summed E-state index contributed by atoms with van der Waals surface area (Å²) in [5, 5.41) is 4.17. The summed E-state index contributed by atoms with van der Waals surface area (Å²) in [5.41, 5.74) is 10.8. The Bertz CT molecular complexity index is 684. The summed E-state index contributed by atoms with van der Waals surface area (Å²) in [4.78, 5) is 0. The van der Waals surface area contributed by atoms with Gasteiger partial charge in [0.15, 0.2) is 0 Å². The topological polar surface area (TPSA) is 43.8 Å². The minimum absolute atomic E-state index is 0.131. The maximum Gasteiger partial charge on any atom is 0.0582 e. The van der Waals surface area contributed by atoms with Crippen LogP contribution in [0.1, 0.15) is 17.2 Å². The second kappa shape index (κ2) is 5.31. The largest absolute Gasteiger partial charge is 0.320 e. The first-order chi connectivity index (χ1) is 9.74. The Morgan fingerprint density at radius 1 is 0.900 bits per heavy atom. The van der Waals surface area contributed by atoms with Gasteiger partial charge in [0.2, 0.25) is 0 Å². The maximum absolute atomic E-state index is 6.27. The van der Waals surface area contributed by atoms with E-state index in [1.165, 1.54) is 11.1 Å². The minimum atomic E-state index is -0.131. The van der Waals surface area contributed by atoms with Crippen LogP contribution >= 0.6 is 0 Å². The first-order valence-corrected chi connectivity index (χ1v) is 6.63. The number of rotatable bonds is 3. The Hall–Kier alpha value is -2.39. The average molecular weight is 263 g/mol. The van der Waals surface area contributed by atoms with Gasteiger partial charge < -0.3 is 5.73 Å². The molecule has 100 valence electrons. The molecule has 0 fully saturated rings. The van der Waals surface area contributed by atoms with Gasteiger partial charge >= 0.3 is 0 Å². The van der Waals surface area contributed by atoms with Crippen molar-refractivity contribution in [3.8, 4) is 11.1 Å². The van der Waals surface area contributed by atoms with Crippen molar-refractivity contribution in [2.45, 2.75) is 6.04 Å². The van der Waals surface area contributed by atoms with Crippen molar-refractivity contribution in [1.29, 1.82) is 0 Å². The van der Waals surface area contributed by atoms with E-state index >= 15 is 0 Å². The Labute approximate surface area is 118 Å². The Morgan fingerprint density at radius 2 is 1.55 bits per heavy atom. The Balaban J connectivity index is 1.86. The highest BCUT2D eigenvalue weighted by atomic mass is 15.2. The molecule has 0 aliphatic heterocycles. The van der Waals surface area contributed by atoms with Crippen molar-refractivity contribution in [2.75, 3.05) is 0 Å². The molecule has 1 atom stereocenters. The van der Waals surface area contributed by atoms with Crippen LogP contribution in [0.3, 0.4) is 0 Å². The molecule has 1 aromatic heterocycles. The van der Waals surface area contributed by atoms with Gasteiger partial charge in [0.25, 0.3) is 0 Å². The van der Waals surface area contributed by atoms with Crippen LogP contribution in [-0.2, 0) is 7.05 Å². The van der Waals surface area contributed by atoms with E-state index in [1.807, 2.05) is 37.6 Å². The van der Waals surface area contributed by atoms with Crippen molar-refractivity contribution in [1.82, 2.24) is 9.78 Å². The highest BCUT2D eigenvalue weighted by Crippen LogP contribution is 2.23. The van der Waals surface area contributed by atoms with Crippen LogP contribution < -0.4 is 5.73 Å². The summed E-state index contributed by atoms with van der Waals surface area (Å²) in [6, 6.07) is 18.6. The standard InChI is InChI=1S/C17H17N3/c1-20-12-16(11-19-20)17(18)15-9-7-14(8-10-15)13-5-3-2-4-6-13/h2-12,17H,18H2,1H3. The molecular weight excluding hydrogens is 246 g/mol. The predicted molar refractivity (Wildman–Crippen MR) is 81.1 cm³/mol. The molecule has 20 heavy (non-hydrogen) atoms. The molecule has 3 rings (SSSR count). The third-order valence-corrected chi connectivity index (χ3v) is 3.46. The van der Waals surface area contributed by atoms with E-state index < -0.39 is 0 Å². The van der Waals surface area contributed by atoms with E-state index in [0.717, 1.165) is 11.1 Å². The SMILES string of the molecule is Cn1cc(C(N)c2ccc(-c3ccccc3)cc2)cn1. The Morgan fingerprint density at radius 3 is 2.15 bits per heavy atom. The summed E-state index contributed by atoms with van der Waals surface area (Å²) in [5.74, 6) is 0. The molecule has 3 aromatic rings. The van der Waals surface area contributed by atoms with Crippen LogP contribution in [0, 0.1) is 0 Å². The van der Waals surface area contributed by atoms with Crippen molar-refractivity contribution in [3.05, 3.63) is 78.1 Å². The lowest BCUT2D eigenvalue weighted by Gasteiger charge is -2.11. The van der Waals surface area contributed by atoms with Crippen LogP contribution in [0.5, 0.6) is 0 Å². The lowest BCUT2D eigenvalue weighted by Crippen LogP contribution is -2.10. The van der Waals surface area contributed by atoms with Gasteiger partial charge in [-0.05, 0) is 16.7 Å². The van der Waals surface area contributed by atoms with Gasteiger partial charge in [-0.3, -0.25) is 4.68 Å². The number of aromatic nitrogens is 2. The average Bonchev–Trinajstić information content (AvgIpc) is 2.94. The molecule has 0 radical (unpaired) electrons. The first kappa shape index (κ1) is 12.6. The number of aryl methyl sites for hydroxylation is 1. The van der Waals surface area contributed by atoms with E-state index in [0.29, 0.717) is 0 Å². The Kier molecular flexibility index (Phi) is 3.35. The van der Waals surface area contributed by atoms with E-state index in [2.05, 4.69) is 41.5 Å². The van der Waals surface area contributed by atoms with E-state index in [-0.39, 0.29) is 6.04 Å². The molecule has 0 bridgehead atoms. The van der Waals surface area contributed by atoms with E-state index in [4.69, 9.17) is 5.73 Å². The van der Waals surface area contributed by atoms with Gasteiger partial charge in [-0.15, -0.1) is 0 Å². The van der Waals surface area contributed by atoms with Crippen LogP contribution in [0.4, 0.5) is 0 Å². The van der Waals surface area contributed by atoms with Crippen molar-refractivity contribution in [3.63, 3.8) is 0 Å². The number of nitrogens with two attached hydrogens (primary N) is 1. The van der Waals surface area contributed by atoms with Crippen LogP contribution in [0.2, 0.25) is 0 Å². The zero-order valence-electron chi connectivity index (χ0n) is 11.4. The molecule has 2 aromatic carbocycles. The fourth-order valence-corrected chi connectivity index (χ4v) is 2.31. The molecule has 0 spiro atoms. The summed E-state index contributed by atoms with van der Waals surface area (Å²) < 4.78 is 1.77. The number of hydrogen-bond donors (Lipinski definition) is 1. The third kappa shape index (κ3) is 2.49. The first-order valence-electron chi connectivity index (χ1n) is 6.63. The second-order valence-electron chi connectivity index (χ2n) is 4.91. The molecular formula is C17H17N3. The zero-order valence-corrected chi connectivity index (χ0v) is 11.4. The summed E-state index contributed by atoms with van der Waals surface area (Å²) in [7, 11) is 1.90. The number of benzene rings is 2. The molecule has 0 amide bonds. The maximum atomic E-state index is 6.27. The molecule has 0 saturated carbocycles. The number of nitrogens with zero attached hydrogens (tertiary/aromatic N) is 2. The van der Waals surface area contributed by atoms with Gasteiger partial charge in [0, 0.05) is 18.8 Å². The van der Waals surface area contributed by atoms with Gasteiger partial charge in [0.05, 0.1) is 12.2 Å². The molecule has 0 aliphatic rings. The van der Waals surface area contributed by atoms with E-state index in [9.17, 15) is 0 Å². The lowest BCUT2D eigenvalue weighted by molar-refractivity contribution is 0.765. The highest BCUT2D eigenvalue weighted by molar-refractivity contribution is 5.63. The van der Waals surface area contributed by atoms with Gasteiger partial charge in [-0.1, -0.05) is 54.6 Å². The van der Waals surface area contributed by atoms with Crippen LogP contribution in [0.15, 0.2) is 67.0 Å².